The van der Waals surface area contributed by atoms with Crippen LogP contribution in [0.1, 0.15) is 52.7 Å². The van der Waals surface area contributed by atoms with Gasteiger partial charge in [0, 0.05) is 45.1 Å². The summed E-state index contributed by atoms with van der Waals surface area (Å²) in [6.07, 6.45) is 3.75. The van der Waals surface area contributed by atoms with Crippen molar-refractivity contribution in [2.24, 2.45) is 0 Å². The SMILES string of the molecule is CC(C)(C)c1ccnc(-c2cccc(Oc3cc(-c4ccccn4)c4cc5c(cc4c3)c3cccc4c6cc(C(C)(C)C)ccc6n5c43)c2)c1. The Bertz CT molecular complexity index is 2740. The zero-order chi connectivity index (χ0) is 34.4. The first-order valence-corrected chi connectivity index (χ1v) is 17.4. The second-order valence-electron chi connectivity index (χ2n) is 15.6. The van der Waals surface area contributed by atoms with E-state index < -0.39 is 0 Å². The number of nitrogens with zero attached hydrogens (tertiary/aromatic N) is 3. The lowest BCUT2D eigenvalue weighted by Gasteiger charge is -2.19. The average molecular weight is 650 g/mol. The molecule has 0 saturated heterocycles. The van der Waals surface area contributed by atoms with Crippen molar-refractivity contribution in [3.8, 4) is 34.0 Å². The number of ether oxygens (including phenoxy) is 1. The Labute approximate surface area is 292 Å². The van der Waals surface area contributed by atoms with Crippen molar-refractivity contribution in [3.63, 3.8) is 0 Å². The largest absolute Gasteiger partial charge is 0.457 e. The molecule has 0 atom stereocenters. The van der Waals surface area contributed by atoms with Crippen molar-refractivity contribution < 1.29 is 4.74 Å². The number of fused-ring (bicyclic) bond motifs is 7. The second-order valence-corrected chi connectivity index (χ2v) is 15.6. The predicted molar refractivity (Wildman–Crippen MR) is 209 cm³/mol. The highest BCUT2D eigenvalue weighted by Gasteiger charge is 2.22. The monoisotopic (exact) mass is 649 g/mol. The first-order chi connectivity index (χ1) is 24.0. The molecular weight excluding hydrogens is 611 g/mol. The Balaban J connectivity index is 1.23. The molecule has 0 radical (unpaired) electrons. The van der Waals surface area contributed by atoms with Gasteiger partial charge in [0.1, 0.15) is 11.5 Å². The summed E-state index contributed by atoms with van der Waals surface area (Å²) in [4.78, 5) is 9.50. The number of rotatable bonds is 4. The third kappa shape index (κ3) is 4.89. The Morgan fingerprint density at radius 3 is 2.00 bits per heavy atom. The van der Waals surface area contributed by atoms with Crippen molar-refractivity contribution in [3.05, 3.63) is 139 Å². The summed E-state index contributed by atoms with van der Waals surface area (Å²) >= 11 is 0. The minimum Gasteiger partial charge on any atom is -0.457 e. The summed E-state index contributed by atoms with van der Waals surface area (Å²) in [7, 11) is 0. The van der Waals surface area contributed by atoms with Gasteiger partial charge in [-0.15, -0.1) is 0 Å². The molecule has 5 aromatic carbocycles. The van der Waals surface area contributed by atoms with Gasteiger partial charge >= 0.3 is 0 Å². The molecule has 4 nitrogen and oxygen atoms in total. The lowest BCUT2D eigenvalue weighted by Crippen LogP contribution is -2.11. The van der Waals surface area contributed by atoms with Gasteiger partial charge in [0.25, 0.3) is 0 Å². The Morgan fingerprint density at radius 2 is 1.24 bits per heavy atom. The molecule has 9 aromatic rings. The van der Waals surface area contributed by atoms with Gasteiger partial charge in [0.15, 0.2) is 0 Å². The van der Waals surface area contributed by atoms with Crippen molar-refractivity contribution >= 4 is 48.9 Å². The van der Waals surface area contributed by atoms with Crippen molar-refractivity contribution in [1.82, 2.24) is 14.4 Å². The molecule has 0 spiro atoms. The normalized spacial score (nSPS) is 12.6. The van der Waals surface area contributed by atoms with E-state index in [1.54, 1.807) is 0 Å². The third-order valence-electron chi connectivity index (χ3n) is 10.2. The van der Waals surface area contributed by atoms with Gasteiger partial charge in [0.2, 0.25) is 0 Å². The maximum absolute atomic E-state index is 6.67. The highest BCUT2D eigenvalue weighted by molar-refractivity contribution is 6.25. The zero-order valence-electron chi connectivity index (χ0n) is 29.4. The van der Waals surface area contributed by atoms with E-state index in [0.29, 0.717) is 0 Å². The minimum atomic E-state index is 0.0375. The number of hydrogen-bond donors (Lipinski definition) is 0. The molecule has 4 aromatic heterocycles. The van der Waals surface area contributed by atoms with Gasteiger partial charge in [-0.3, -0.25) is 9.97 Å². The highest BCUT2D eigenvalue weighted by atomic mass is 16.5. The van der Waals surface area contributed by atoms with Crippen LogP contribution >= 0.6 is 0 Å². The van der Waals surface area contributed by atoms with Gasteiger partial charge in [-0.25, -0.2) is 0 Å². The molecule has 0 aliphatic heterocycles. The van der Waals surface area contributed by atoms with Gasteiger partial charge in [-0.05, 0) is 106 Å². The van der Waals surface area contributed by atoms with Crippen LogP contribution in [0.5, 0.6) is 11.5 Å². The van der Waals surface area contributed by atoms with Crippen LogP contribution in [-0.4, -0.2) is 14.4 Å². The molecule has 0 aliphatic rings. The fraction of sp³-hybridized carbons (Fsp3) is 0.174. The molecule has 0 amide bonds. The first-order valence-electron chi connectivity index (χ1n) is 17.4. The lowest BCUT2D eigenvalue weighted by atomic mass is 9.86. The molecule has 244 valence electrons. The van der Waals surface area contributed by atoms with E-state index in [1.165, 1.54) is 49.2 Å². The Morgan fingerprint density at radius 1 is 0.500 bits per heavy atom. The van der Waals surface area contributed by atoms with Crippen LogP contribution in [0.3, 0.4) is 0 Å². The van der Waals surface area contributed by atoms with Gasteiger partial charge in [-0.1, -0.05) is 84.0 Å². The van der Waals surface area contributed by atoms with Crippen LogP contribution in [0.25, 0.3) is 71.4 Å². The quantitative estimate of drug-likeness (QED) is 0.190. The van der Waals surface area contributed by atoms with Gasteiger partial charge < -0.3 is 9.14 Å². The molecule has 9 rings (SSSR count). The summed E-state index contributed by atoms with van der Waals surface area (Å²) in [6, 6.07) is 41.2. The molecule has 4 heteroatoms. The Hall–Kier alpha value is -5.74. The molecule has 0 bridgehead atoms. The van der Waals surface area contributed by atoms with E-state index in [-0.39, 0.29) is 10.8 Å². The molecule has 0 unspecified atom stereocenters. The maximum Gasteiger partial charge on any atom is 0.128 e. The number of para-hydroxylation sites is 1. The zero-order valence-corrected chi connectivity index (χ0v) is 29.4. The van der Waals surface area contributed by atoms with Crippen molar-refractivity contribution in [2.75, 3.05) is 0 Å². The lowest BCUT2D eigenvalue weighted by molar-refractivity contribution is 0.484. The molecule has 0 saturated carbocycles. The fourth-order valence-electron chi connectivity index (χ4n) is 7.48. The molecule has 4 heterocycles. The maximum atomic E-state index is 6.67. The van der Waals surface area contributed by atoms with Crippen LogP contribution in [-0.2, 0) is 10.8 Å². The van der Waals surface area contributed by atoms with Crippen LogP contribution in [0.4, 0.5) is 0 Å². The predicted octanol–water partition coefficient (Wildman–Crippen LogP) is 12.5. The van der Waals surface area contributed by atoms with Crippen LogP contribution in [0.2, 0.25) is 0 Å². The molecule has 50 heavy (non-hydrogen) atoms. The van der Waals surface area contributed by atoms with Gasteiger partial charge in [-0.2, -0.15) is 0 Å². The number of hydrogen-bond acceptors (Lipinski definition) is 3. The fourth-order valence-corrected chi connectivity index (χ4v) is 7.48. The first kappa shape index (κ1) is 30.3. The summed E-state index contributed by atoms with van der Waals surface area (Å²) < 4.78 is 9.13. The molecule has 0 aliphatic carbocycles. The third-order valence-corrected chi connectivity index (χ3v) is 10.2. The summed E-state index contributed by atoms with van der Waals surface area (Å²) in [6.45, 7) is 13.5. The van der Waals surface area contributed by atoms with E-state index in [9.17, 15) is 0 Å². The summed E-state index contributed by atoms with van der Waals surface area (Å²) in [5, 5.41) is 7.34. The Kier molecular flexibility index (Phi) is 6.60. The molecule has 0 fully saturated rings. The minimum absolute atomic E-state index is 0.0375. The van der Waals surface area contributed by atoms with Crippen LogP contribution < -0.4 is 4.74 Å². The number of benzene rings is 5. The standard InChI is InChI=1S/C46H39N3O/c1-45(2,3)30-16-17-42-39(24-30)35-14-10-13-34-38-23-29-22-33(26-37(40-15-7-8-19-47-40)36(29)27-43(38)49(42)44(34)35)50-32-12-9-11-28(21-32)41-25-31(18-20-48-41)46(4,5)6/h7-27H,1-6H3. The highest BCUT2D eigenvalue weighted by Crippen LogP contribution is 2.44. The topological polar surface area (TPSA) is 39.4 Å². The van der Waals surface area contributed by atoms with Crippen LogP contribution in [0, 0.1) is 0 Å². The van der Waals surface area contributed by atoms with E-state index in [2.05, 4.69) is 137 Å². The van der Waals surface area contributed by atoms with E-state index in [4.69, 9.17) is 14.7 Å². The molecular formula is C46H39N3O. The summed E-state index contributed by atoms with van der Waals surface area (Å²) in [5.41, 5.74) is 10.3. The number of aromatic nitrogens is 3. The van der Waals surface area contributed by atoms with Crippen LogP contribution in [0.15, 0.2) is 128 Å². The van der Waals surface area contributed by atoms with E-state index in [0.717, 1.165) is 44.8 Å². The van der Waals surface area contributed by atoms with E-state index in [1.807, 2.05) is 36.7 Å². The summed E-state index contributed by atoms with van der Waals surface area (Å²) in [5.74, 6) is 1.53. The number of pyridine rings is 2. The smallest absolute Gasteiger partial charge is 0.128 e. The van der Waals surface area contributed by atoms with Crippen molar-refractivity contribution in [2.45, 2.75) is 52.4 Å². The second kappa shape index (κ2) is 10.9. The van der Waals surface area contributed by atoms with Gasteiger partial charge in [0.05, 0.1) is 27.9 Å². The van der Waals surface area contributed by atoms with E-state index >= 15 is 0 Å². The average Bonchev–Trinajstić information content (AvgIpc) is 3.62. The molecule has 0 N–H and O–H groups in total. The van der Waals surface area contributed by atoms with Crippen molar-refractivity contribution in [1.29, 1.82) is 0 Å².